The Morgan fingerprint density at radius 2 is 1.22 bits per heavy atom. The van der Waals surface area contributed by atoms with Gasteiger partial charge in [0.2, 0.25) is 0 Å². The molecule has 10 saturated carbocycles. The summed E-state index contributed by atoms with van der Waals surface area (Å²) in [6, 6.07) is 0. The van der Waals surface area contributed by atoms with Crippen molar-refractivity contribution in [1.29, 1.82) is 0 Å². The predicted octanol–water partition coefficient (Wildman–Crippen LogP) is 6.63. The molecule has 1 saturated heterocycles. The van der Waals surface area contributed by atoms with Gasteiger partial charge in [0.25, 0.3) is 0 Å². The van der Waals surface area contributed by atoms with Crippen LogP contribution in [0, 0.1) is 59.2 Å². The van der Waals surface area contributed by atoms with Crippen LogP contribution in [-0.4, -0.2) is 53.1 Å². The molecule has 11 fully saturated rings. The fraction of sp³-hybridized carbons (Fsp3) is 0.732. The van der Waals surface area contributed by atoms with Gasteiger partial charge in [-0.25, -0.2) is 14.4 Å². The predicted molar refractivity (Wildman–Crippen MR) is 183 cm³/mol. The van der Waals surface area contributed by atoms with E-state index in [2.05, 4.69) is 26.7 Å². The topological polar surface area (TPSA) is 122 Å². The maximum Gasteiger partial charge on any atom is 0.333 e. The van der Waals surface area contributed by atoms with Crippen LogP contribution in [0.1, 0.15) is 105 Å². The molecule has 272 valence electrons. The van der Waals surface area contributed by atoms with Crippen molar-refractivity contribution in [3.8, 4) is 0 Å². The Labute approximate surface area is 295 Å². The fourth-order valence-corrected chi connectivity index (χ4v) is 11.9. The Bertz CT molecular complexity index is 1470. The van der Waals surface area contributed by atoms with Gasteiger partial charge in [-0.1, -0.05) is 19.7 Å². The van der Waals surface area contributed by atoms with Gasteiger partial charge >= 0.3 is 23.9 Å². The Morgan fingerprint density at radius 1 is 0.680 bits per heavy atom. The number of carbonyl (C=O) groups excluding carboxylic acids is 5. The van der Waals surface area contributed by atoms with Crippen LogP contribution in [0.15, 0.2) is 36.5 Å². The van der Waals surface area contributed by atoms with E-state index in [0.717, 1.165) is 56.8 Å². The molecule has 1 aliphatic heterocycles. The van der Waals surface area contributed by atoms with Gasteiger partial charge in [-0.05, 0) is 134 Å². The number of hydrogen-bond donors (Lipinski definition) is 0. The summed E-state index contributed by atoms with van der Waals surface area (Å²) in [5, 5.41) is 0. The zero-order chi connectivity index (χ0) is 35.9. The first-order valence-corrected chi connectivity index (χ1v) is 18.9. The first-order chi connectivity index (χ1) is 23.6. The van der Waals surface area contributed by atoms with Gasteiger partial charge in [-0.3, -0.25) is 9.59 Å². The summed E-state index contributed by atoms with van der Waals surface area (Å²) >= 11 is 0. The number of esters is 4. The van der Waals surface area contributed by atoms with Gasteiger partial charge in [0, 0.05) is 40.4 Å². The van der Waals surface area contributed by atoms with E-state index in [9.17, 15) is 24.0 Å². The van der Waals surface area contributed by atoms with E-state index in [1.54, 1.807) is 20.8 Å². The third-order valence-electron chi connectivity index (χ3n) is 14.0. The zero-order valence-electron chi connectivity index (χ0n) is 30.2. The van der Waals surface area contributed by atoms with Gasteiger partial charge in [0.1, 0.15) is 29.2 Å². The second-order valence-electron chi connectivity index (χ2n) is 17.8. The van der Waals surface area contributed by atoms with Gasteiger partial charge < -0.3 is 18.9 Å². The van der Waals surface area contributed by atoms with Crippen LogP contribution in [0.5, 0.6) is 0 Å². The van der Waals surface area contributed by atoms with Gasteiger partial charge in [-0.15, -0.1) is 0 Å². The third kappa shape index (κ3) is 6.18. The molecule has 7 unspecified atom stereocenters. The molecule has 11 aliphatic rings. The van der Waals surface area contributed by atoms with Crippen molar-refractivity contribution in [2.75, 3.05) is 0 Å². The lowest BCUT2D eigenvalue weighted by Crippen LogP contribution is -2.58. The summed E-state index contributed by atoms with van der Waals surface area (Å²) in [6.07, 6.45) is 12.3. The van der Waals surface area contributed by atoms with Crippen molar-refractivity contribution in [2.45, 2.75) is 128 Å². The number of ketones is 1. The zero-order valence-corrected chi connectivity index (χ0v) is 30.2. The molecular weight excluding hydrogens is 636 g/mol. The van der Waals surface area contributed by atoms with Crippen LogP contribution < -0.4 is 0 Å². The maximum atomic E-state index is 12.0. The summed E-state index contributed by atoms with van der Waals surface area (Å²) in [7, 11) is 0. The fourth-order valence-electron chi connectivity index (χ4n) is 11.9. The standard InChI is InChI=1S/C15H22O2.C14H18O3.C12H14O4/c1-9(2)14(16)17-15(3)12-5-10-4-11(7-12)8-13(15)6-10;1-8(2)13(16)17-14-5-9-3-10(6-14)12(15)11(4-9)7-14;1-5(2)11(13)15-9-6-3-7-8(4-6)12(14)16-10(7)9/h10-13H,1,4-8H2,2-3H3;9-11H,1,3-7H2,2H3;6-10H,1,3-4H2,2H3. The molecule has 0 aromatic carbocycles. The maximum absolute atomic E-state index is 12.0. The molecule has 0 amide bonds. The number of rotatable bonds is 6. The largest absolute Gasteiger partial charge is 0.458 e. The minimum atomic E-state index is -0.378. The first-order valence-electron chi connectivity index (χ1n) is 18.9. The summed E-state index contributed by atoms with van der Waals surface area (Å²) in [5.74, 6) is 4.00. The molecule has 11 rings (SSSR count). The van der Waals surface area contributed by atoms with Gasteiger partial charge in [0.15, 0.2) is 0 Å². The highest BCUT2D eigenvalue weighted by atomic mass is 16.6. The van der Waals surface area contributed by atoms with Crippen molar-refractivity contribution in [1.82, 2.24) is 0 Å². The lowest BCUT2D eigenvalue weighted by atomic mass is 9.50. The van der Waals surface area contributed by atoms with E-state index in [1.807, 2.05) is 0 Å². The Balaban J connectivity index is 0.000000118. The molecule has 10 aliphatic carbocycles. The number of fused-ring (bicyclic) bond motifs is 1. The average molecular weight is 691 g/mol. The summed E-state index contributed by atoms with van der Waals surface area (Å²) in [4.78, 5) is 58.4. The molecule has 50 heavy (non-hydrogen) atoms. The van der Waals surface area contributed by atoms with Crippen LogP contribution in [0.4, 0.5) is 0 Å². The summed E-state index contributed by atoms with van der Waals surface area (Å²) < 4.78 is 22.2. The van der Waals surface area contributed by atoms with Crippen molar-refractivity contribution >= 4 is 29.7 Å². The van der Waals surface area contributed by atoms with Crippen LogP contribution in [0.2, 0.25) is 0 Å². The lowest BCUT2D eigenvalue weighted by molar-refractivity contribution is -0.199. The van der Waals surface area contributed by atoms with E-state index in [-0.39, 0.29) is 71.0 Å². The molecular formula is C41H54O9. The van der Waals surface area contributed by atoms with E-state index in [1.165, 1.54) is 32.1 Å². The molecule has 9 heteroatoms. The summed E-state index contributed by atoms with van der Waals surface area (Å²) in [5.41, 5.74) is 0.819. The SMILES string of the molecule is C=C(C)C(=O)OC1(C)C2CC3CC(C2)CC1C3.C=C(C)C(=O)OC12CC3CC(C1)C(=O)C(C3)C2.C=C(C)C(=O)OC1C2CC3C(=O)OC1C3C2. The molecule has 0 aromatic rings. The summed E-state index contributed by atoms with van der Waals surface area (Å²) in [6.45, 7) is 18.1. The minimum Gasteiger partial charge on any atom is -0.458 e. The smallest absolute Gasteiger partial charge is 0.333 e. The molecule has 9 nitrogen and oxygen atoms in total. The lowest BCUT2D eigenvalue weighted by Gasteiger charge is -2.59. The average Bonchev–Trinajstić information content (AvgIpc) is 3.68. The van der Waals surface area contributed by atoms with Crippen molar-refractivity contribution in [3.05, 3.63) is 36.5 Å². The van der Waals surface area contributed by atoms with E-state index in [4.69, 9.17) is 18.9 Å². The van der Waals surface area contributed by atoms with Crippen LogP contribution in [0.25, 0.3) is 0 Å². The Morgan fingerprint density at radius 3 is 1.76 bits per heavy atom. The second-order valence-corrected chi connectivity index (χ2v) is 17.8. The van der Waals surface area contributed by atoms with Gasteiger partial charge in [-0.2, -0.15) is 0 Å². The molecule has 0 N–H and O–H groups in total. The first kappa shape index (κ1) is 35.2. The number of Topliss-reactive ketones (excluding diaryl/α,β-unsaturated/α-hetero) is 1. The quantitative estimate of drug-likeness (QED) is 0.172. The van der Waals surface area contributed by atoms with Crippen LogP contribution in [-0.2, 0) is 42.9 Å². The van der Waals surface area contributed by atoms with Gasteiger partial charge in [0.05, 0.1) is 5.92 Å². The molecule has 0 aromatic heterocycles. The van der Waals surface area contributed by atoms with Crippen molar-refractivity contribution in [3.63, 3.8) is 0 Å². The molecule has 1 heterocycles. The highest BCUT2D eigenvalue weighted by molar-refractivity contribution is 5.89. The van der Waals surface area contributed by atoms with Crippen molar-refractivity contribution < 1.29 is 42.9 Å². The second kappa shape index (κ2) is 12.8. The normalized spacial score (nSPS) is 44.3. The molecule has 7 atom stereocenters. The number of ether oxygens (including phenoxy) is 4. The minimum absolute atomic E-state index is 0.0646. The highest BCUT2D eigenvalue weighted by Crippen LogP contribution is 2.60. The van der Waals surface area contributed by atoms with Crippen molar-refractivity contribution in [2.24, 2.45) is 59.2 Å². The molecule has 10 bridgehead atoms. The number of hydrogen-bond acceptors (Lipinski definition) is 9. The monoisotopic (exact) mass is 690 g/mol. The molecule has 0 radical (unpaired) electrons. The number of carbonyl (C=O) groups is 5. The highest BCUT2D eigenvalue weighted by Gasteiger charge is 2.63. The van der Waals surface area contributed by atoms with Crippen LogP contribution in [0.3, 0.4) is 0 Å². The van der Waals surface area contributed by atoms with E-state index in [0.29, 0.717) is 46.2 Å². The third-order valence-corrected chi connectivity index (χ3v) is 14.0. The van der Waals surface area contributed by atoms with E-state index < -0.39 is 0 Å². The van der Waals surface area contributed by atoms with Crippen LogP contribution >= 0.6 is 0 Å². The Kier molecular flexibility index (Phi) is 8.98. The van der Waals surface area contributed by atoms with E-state index >= 15 is 0 Å². The molecule has 0 spiro atoms. The Hall–Kier alpha value is -3.23.